The molecule has 0 amide bonds. The highest BCUT2D eigenvalue weighted by Gasteiger charge is 2.12. The van der Waals surface area contributed by atoms with E-state index in [0.29, 0.717) is 22.8 Å². The molecule has 0 aromatic heterocycles. The fraction of sp³-hybridized carbons (Fsp3) is 0.308. The van der Waals surface area contributed by atoms with Crippen LogP contribution < -0.4 is 14.2 Å². The van der Waals surface area contributed by atoms with Crippen molar-refractivity contribution in [3.63, 3.8) is 0 Å². The number of benzene rings is 1. The smallest absolute Gasteiger partial charge is 0.331 e. The number of aliphatic carboxylic acids is 1. The lowest BCUT2D eigenvalue weighted by atomic mass is 10.1. The lowest BCUT2D eigenvalue weighted by Crippen LogP contribution is -1.99. The molecule has 0 fully saturated rings. The van der Waals surface area contributed by atoms with Gasteiger partial charge in [-0.25, -0.2) is 4.79 Å². The highest BCUT2D eigenvalue weighted by Crippen LogP contribution is 2.35. The Morgan fingerprint density at radius 1 is 1.11 bits per heavy atom. The highest BCUT2D eigenvalue weighted by molar-refractivity contribution is 5.92. The van der Waals surface area contributed by atoms with Crippen molar-refractivity contribution < 1.29 is 24.1 Å². The summed E-state index contributed by atoms with van der Waals surface area (Å²) in [6.07, 6.45) is 1.50. The van der Waals surface area contributed by atoms with E-state index in [2.05, 4.69) is 0 Å². The molecule has 1 rings (SSSR count). The molecule has 0 bridgehead atoms. The predicted molar refractivity (Wildman–Crippen MR) is 67.4 cm³/mol. The van der Waals surface area contributed by atoms with Crippen LogP contribution in [0.2, 0.25) is 0 Å². The van der Waals surface area contributed by atoms with E-state index in [-0.39, 0.29) is 5.57 Å². The third-order valence-electron chi connectivity index (χ3n) is 2.45. The van der Waals surface area contributed by atoms with Gasteiger partial charge in [-0.05, 0) is 13.0 Å². The molecule has 1 N–H and O–H groups in total. The quantitative estimate of drug-likeness (QED) is 0.814. The van der Waals surface area contributed by atoms with Crippen molar-refractivity contribution in [3.05, 3.63) is 23.3 Å². The predicted octanol–water partition coefficient (Wildman–Crippen LogP) is 2.20. The minimum Gasteiger partial charge on any atom is -0.496 e. The first-order valence-electron chi connectivity index (χ1n) is 5.25. The third-order valence-corrected chi connectivity index (χ3v) is 2.45. The van der Waals surface area contributed by atoms with Gasteiger partial charge in [-0.3, -0.25) is 0 Å². The normalized spacial score (nSPS) is 11.0. The Labute approximate surface area is 106 Å². The molecule has 5 nitrogen and oxygen atoms in total. The van der Waals surface area contributed by atoms with Crippen LogP contribution in [-0.4, -0.2) is 32.4 Å². The first-order valence-corrected chi connectivity index (χ1v) is 5.25. The number of rotatable bonds is 5. The maximum Gasteiger partial charge on any atom is 0.331 e. The minimum absolute atomic E-state index is 0.191. The Kier molecular flexibility index (Phi) is 4.59. The van der Waals surface area contributed by atoms with E-state index in [1.54, 1.807) is 12.1 Å². The summed E-state index contributed by atoms with van der Waals surface area (Å²) >= 11 is 0. The average molecular weight is 252 g/mol. The monoisotopic (exact) mass is 252 g/mol. The van der Waals surface area contributed by atoms with E-state index in [9.17, 15) is 4.79 Å². The van der Waals surface area contributed by atoms with Crippen LogP contribution in [0.25, 0.3) is 6.08 Å². The molecule has 0 atom stereocenters. The molecule has 0 aliphatic rings. The molecule has 0 radical (unpaired) electrons. The molecule has 0 spiro atoms. The lowest BCUT2D eigenvalue weighted by Gasteiger charge is -2.12. The van der Waals surface area contributed by atoms with Crippen molar-refractivity contribution in [3.8, 4) is 17.2 Å². The molecular weight excluding hydrogens is 236 g/mol. The van der Waals surface area contributed by atoms with Crippen molar-refractivity contribution in [2.45, 2.75) is 6.92 Å². The minimum atomic E-state index is -0.991. The number of carboxylic acid groups (broad SMARTS) is 1. The van der Waals surface area contributed by atoms with Crippen LogP contribution in [0.5, 0.6) is 17.2 Å². The van der Waals surface area contributed by atoms with E-state index in [1.165, 1.54) is 34.3 Å². The van der Waals surface area contributed by atoms with Gasteiger partial charge >= 0.3 is 5.97 Å². The zero-order valence-electron chi connectivity index (χ0n) is 10.8. The standard InChI is InChI=1S/C13H16O5/c1-8(13(14)15)5-10-11(17-3)6-9(16-2)7-12(10)18-4/h5-7H,1-4H3,(H,14,15). The van der Waals surface area contributed by atoms with Crippen LogP contribution in [0, 0.1) is 0 Å². The Hall–Kier alpha value is -2.17. The van der Waals surface area contributed by atoms with E-state index in [0.717, 1.165) is 0 Å². The molecule has 1 aromatic carbocycles. The van der Waals surface area contributed by atoms with Gasteiger partial charge in [0.15, 0.2) is 0 Å². The summed E-state index contributed by atoms with van der Waals surface area (Å²) in [6, 6.07) is 3.34. The summed E-state index contributed by atoms with van der Waals surface area (Å²) in [4.78, 5) is 10.9. The first kappa shape index (κ1) is 13.9. The second kappa shape index (κ2) is 5.95. The molecule has 0 aliphatic heterocycles. The molecular formula is C13H16O5. The van der Waals surface area contributed by atoms with Gasteiger partial charge in [0, 0.05) is 17.7 Å². The number of carboxylic acids is 1. The number of hydrogen-bond acceptors (Lipinski definition) is 4. The van der Waals surface area contributed by atoms with Gasteiger partial charge in [0.05, 0.1) is 26.9 Å². The van der Waals surface area contributed by atoms with Gasteiger partial charge < -0.3 is 19.3 Å². The number of ether oxygens (including phenoxy) is 3. The van der Waals surface area contributed by atoms with Crippen molar-refractivity contribution >= 4 is 12.0 Å². The zero-order valence-corrected chi connectivity index (χ0v) is 10.8. The topological polar surface area (TPSA) is 65.0 Å². The van der Waals surface area contributed by atoms with Gasteiger partial charge in [-0.2, -0.15) is 0 Å². The van der Waals surface area contributed by atoms with Crippen LogP contribution in [0.1, 0.15) is 12.5 Å². The summed E-state index contributed by atoms with van der Waals surface area (Å²) in [5, 5.41) is 8.90. The SMILES string of the molecule is COc1cc(OC)c(C=C(C)C(=O)O)c(OC)c1. The number of methoxy groups -OCH3 is 3. The number of carbonyl (C=O) groups is 1. The van der Waals surface area contributed by atoms with Crippen LogP contribution in [-0.2, 0) is 4.79 Å². The van der Waals surface area contributed by atoms with Crippen LogP contribution in [0.4, 0.5) is 0 Å². The van der Waals surface area contributed by atoms with Crippen molar-refractivity contribution in [1.29, 1.82) is 0 Å². The lowest BCUT2D eigenvalue weighted by molar-refractivity contribution is -0.132. The third kappa shape index (κ3) is 2.94. The van der Waals surface area contributed by atoms with Gasteiger partial charge in [-0.1, -0.05) is 0 Å². The fourth-order valence-corrected chi connectivity index (χ4v) is 1.45. The Morgan fingerprint density at radius 3 is 1.94 bits per heavy atom. The summed E-state index contributed by atoms with van der Waals surface area (Å²) in [5.41, 5.74) is 0.762. The van der Waals surface area contributed by atoms with E-state index in [4.69, 9.17) is 19.3 Å². The summed E-state index contributed by atoms with van der Waals surface area (Å²) < 4.78 is 15.5. The zero-order chi connectivity index (χ0) is 13.7. The van der Waals surface area contributed by atoms with Crippen LogP contribution >= 0.6 is 0 Å². The second-order valence-electron chi connectivity index (χ2n) is 3.58. The molecule has 0 unspecified atom stereocenters. The van der Waals surface area contributed by atoms with E-state index in [1.807, 2.05) is 0 Å². The van der Waals surface area contributed by atoms with Gasteiger partial charge in [0.2, 0.25) is 0 Å². The largest absolute Gasteiger partial charge is 0.496 e. The van der Waals surface area contributed by atoms with Gasteiger partial charge in [0.25, 0.3) is 0 Å². The van der Waals surface area contributed by atoms with Crippen LogP contribution in [0.3, 0.4) is 0 Å². The van der Waals surface area contributed by atoms with Crippen LogP contribution in [0.15, 0.2) is 17.7 Å². The van der Waals surface area contributed by atoms with Crippen molar-refractivity contribution in [1.82, 2.24) is 0 Å². The molecule has 18 heavy (non-hydrogen) atoms. The molecule has 0 saturated carbocycles. The Morgan fingerprint density at radius 2 is 1.61 bits per heavy atom. The molecule has 0 aliphatic carbocycles. The van der Waals surface area contributed by atoms with E-state index < -0.39 is 5.97 Å². The van der Waals surface area contributed by atoms with Gasteiger partial charge in [-0.15, -0.1) is 0 Å². The Balaban J connectivity index is 3.40. The maximum atomic E-state index is 10.9. The summed E-state index contributed by atoms with van der Waals surface area (Å²) in [6.45, 7) is 1.51. The summed E-state index contributed by atoms with van der Waals surface area (Å²) in [5.74, 6) is 0.572. The second-order valence-corrected chi connectivity index (χ2v) is 3.58. The Bertz CT molecular complexity index is 451. The molecule has 1 aromatic rings. The maximum absolute atomic E-state index is 10.9. The van der Waals surface area contributed by atoms with Crippen molar-refractivity contribution in [2.75, 3.05) is 21.3 Å². The summed E-state index contributed by atoms with van der Waals surface area (Å²) in [7, 11) is 4.54. The van der Waals surface area contributed by atoms with E-state index >= 15 is 0 Å². The molecule has 5 heteroatoms. The van der Waals surface area contributed by atoms with Crippen molar-refractivity contribution in [2.24, 2.45) is 0 Å². The van der Waals surface area contributed by atoms with Gasteiger partial charge in [0.1, 0.15) is 17.2 Å². The highest BCUT2D eigenvalue weighted by atomic mass is 16.5. The molecule has 0 saturated heterocycles. The molecule has 0 heterocycles. The molecule has 98 valence electrons. The fourth-order valence-electron chi connectivity index (χ4n) is 1.45. The first-order chi connectivity index (χ1) is 8.53. The number of hydrogen-bond donors (Lipinski definition) is 1. The average Bonchev–Trinajstić information content (AvgIpc) is 2.38.